The van der Waals surface area contributed by atoms with Gasteiger partial charge in [0.15, 0.2) is 0 Å². The third-order valence-electron chi connectivity index (χ3n) is 7.91. The number of aliphatic hydroxyl groups excluding tert-OH is 1. The molecule has 2 fully saturated rings. The lowest BCUT2D eigenvalue weighted by molar-refractivity contribution is -0.0502. The van der Waals surface area contributed by atoms with Gasteiger partial charge in [0.25, 0.3) is 5.91 Å². The van der Waals surface area contributed by atoms with E-state index in [1.165, 1.54) is 18.7 Å². The molecular weight excluding hydrogens is 558 g/mol. The van der Waals surface area contributed by atoms with Crippen LogP contribution in [0.25, 0.3) is 16.9 Å². The molecule has 2 aliphatic rings. The van der Waals surface area contributed by atoms with Crippen molar-refractivity contribution in [3.8, 4) is 28.5 Å². The lowest BCUT2D eigenvalue weighted by Crippen LogP contribution is -2.45. The Labute approximate surface area is 248 Å². The van der Waals surface area contributed by atoms with Gasteiger partial charge in [0.2, 0.25) is 0 Å². The van der Waals surface area contributed by atoms with Crippen LogP contribution in [0.2, 0.25) is 0 Å². The predicted octanol–water partition coefficient (Wildman–Crippen LogP) is 4.77. The summed E-state index contributed by atoms with van der Waals surface area (Å²) in [6.07, 6.45) is 5.32. The van der Waals surface area contributed by atoms with E-state index in [2.05, 4.69) is 27.3 Å². The number of nitrogens with zero attached hydrogens (tertiary/aromatic N) is 3. The molecule has 4 aromatic rings. The zero-order valence-electron chi connectivity index (χ0n) is 23.8. The number of amides is 1. The molecule has 9 nitrogen and oxygen atoms in total. The molecule has 1 saturated carbocycles. The number of carbonyl (C=O) groups excluding carboxylic acids is 1. The van der Waals surface area contributed by atoms with Crippen molar-refractivity contribution >= 4 is 11.6 Å². The Bertz CT molecular complexity index is 1580. The third kappa shape index (κ3) is 6.73. The highest BCUT2D eigenvalue weighted by Gasteiger charge is 2.30. The second kappa shape index (κ2) is 12.6. The van der Waals surface area contributed by atoms with Crippen LogP contribution in [0.1, 0.15) is 35.2 Å². The van der Waals surface area contributed by atoms with Crippen LogP contribution in [0.15, 0.2) is 67.0 Å². The van der Waals surface area contributed by atoms with Crippen LogP contribution in [0.3, 0.4) is 0 Å². The highest BCUT2D eigenvalue weighted by atomic mass is 19.3. The van der Waals surface area contributed by atoms with E-state index in [-0.39, 0.29) is 29.0 Å². The van der Waals surface area contributed by atoms with Crippen molar-refractivity contribution in [1.82, 2.24) is 19.6 Å². The van der Waals surface area contributed by atoms with Crippen molar-refractivity contribution in [3.63, 3.8) is 0 Å². The Morgan fingerprint density at radius 3 is 2.65 bits per heavy atom. The number of likely N-dealkylation sites (tertiary alicyclic amines) is 1. The number of halogens is 2. The van der Waals surface area contributed by atoms with Crippen molar-refractivity contribution in [2.24, 2.45) is 5.92 Å². The van der Waals surface area contributed by atoms with E-state index < -0.39 is 18.6 Å². The Kier molecular flexibility index (Phi) is 8.44. The summed E-state index contributed by atoms with van der Waals surface area (Å²) in [7, 11) is 1.38. The van der Waals surface area contributed by atoms with Crippen LogP contribution < -0.4 is 19.5 Å². The van der Waals surface area contributed by atoms with Crippen molar-refractivity contribution in [1.29, 1.82) is 0 Å². The van der Waals surface area contributed by atoms with Gasteiger partial charge in [-0.1, -0.05) is 30.3 Å². The quantitative estimate of drug-likeness (QED) is 0.259. The van der Waals surface area contributed by atoms with Crippen molar-refractivity contribution < 1.29 is 32.9 Å². The fraction of sp³-hybridized carbons (Fsp3) is 0.375. The molecule has 1 amide bonds. The minimum Gasteiger partial charge on any atom is -0.496 e. The molecule has 6 rings (SSSR count). The molecule has 2 aromatic heterocycles. The summed E-state index contributed by atoms with van der Waals surface area (Å²) in [6.45, 7) is -0.385. The van der Waals surface area contributed by atoms with Gasteiger partial charge in [-0.2, -0.15) is 8.78 Å². The molecule has 11 heteroatoms. The maximum atomic E-state index is 13.4. The molecule has 1 unspecified atom stereocenters. The van der Waals surface area contributed by atoms with Gasteiger partial charge in [-0.15, -0.1) is 0 Å². The van der Waals surface area contributed by atoms with Crippen molar-refractivity contribution in [2.75, 3.05) is 26.8 Å². The number of rotatable bonds is 11. The van der Waals surface area contributed by atoms with Gasteiger partial charge in [0.1, 0.15) is 28.5 Å². The molecule has 43 heavy (non-hydrogen) atoms. The average Bonchev–Trinajstić information content (AvgIpc) is 3.71. The number of carbonyl (C=O) groups is 1. The van der Waals surface area contributed by atoms with Crippen molar-refractivity contribution in [2.45, 2.75) is 44.6 Å². The van der Waals surface area contributed by atoms with Crippen LogP contribution in [-0.4, -0.2) is 70.9 Å². The second-order valence-electron chi connectivity index (χ2n) is 11.1. The van der Waals surface area contributed by atoms with E-state index in [9.17, 15) is 18.7 Å². The van der Waals surface area contributed by atoms with E-state index in [1.807, 2.05) is 18.2 Å². The molecule has 0 radical (unpaired) electrons. The Morgan fingerprint density at radius 1 is 1.12 bits per heavy atom. The summed E-state index contributed by atoms with van der Waals surface area (Å²) in [5.74, 6) is -0.116. The maximum Gasteiger partial charge on any atom is 0.387 e. The first-order valence-electron chi connectivity index (χ1n) is 14.4. The smallest absolute Gasteiger partial charge is 0.387 e. The number of methoxy groups -OCH3 is 1. The van der Waals surface area contributed by atoms with Gasteiger partial charge in [-0.05, 0) is 43.0 Å². The van der Waals surface area contributed by atoms with Crippen LogP contribution >= 0.6 is 0 Å². The van der Waals surface area contributed by atoms with E-state index >= 15 is 0 Å². The van der Waals surface area contributed by atoms with Gasteiger partial charge >= 0.3 is 6.61 Å². The summed E-state index contributed by atoms with van der Waals surface area (Å²) in [5.41, 5.74) is 2.82. The number of ether oxygens (including phenoxy) is 3. The molecule has 2 N–H and O–H groups in total. The van der Waals surface area contributed by atoms with E-state index in [0.29, 0.717) is 35.7 Å². The standard InChI is InChI=1S/C32H34F2N4O5/c1-41-27-13-21(14-28(43-32(33)34)30(27)31(40)36-23-7-8-23)25-16-35-29-15-24(9-12-38(25)29)42-19-22-18-37(11-10-26(22)39)17-20-5-3-2-4-6-20/h2-6,9,12-16,22-23,26,32,39H,7-8,10-11,17-19H2,1H3,(H,36,40)/t22-,26?/m1/s1. The third-order valence-corrected chi connectivity index (χ3v) is 7.91. The lowest BCUT2D eigenvalue weighted by Gasteiger charge is -2.36. The van der Waals surface area contributed by atoms with E-state index in [4.69, 9.17) is 14.2 Å². The predicted molar refractivity (Wildman–Crippen MR) is 156 cm³/mol. The number of pyridine rings is 1. The average molecular weight is 593 g/mol. The molecule has 3 heterocycles. The lowest BCUT2D eigenvalue weighted by atomic mass is 9.95. The molecule has 1 aliphatic carbocycles. The largest absolute Gasteiger partial charge is 0.496 e. The number of piperidine rings is 1. The molecule has 1 aliphatic heterocycles. The Hall–Kier alpha value is -4.22. The highest BCUT2D eigenvalue weighted by molar-refractivity contribution is 6.01. The zero-order chi connectivity index (χ0) is 29.9. The molecule has 226 valence electrons. The highest BCUT2D eigenvalue weighted by Crippen LogP contribution is 2.37. The monoisotopic (exact) mass is 592 g/mol. The summed E-state index contributed by atoms with van der Waals surface area (Å²) < 4.78 is 44.8. The minimum absolute atomic E-state index is 0.0288. The van der Waals surface area contributed by atoms with Gasteiger partial charge in [0, 0.05) is 49.4 Å². The number of hydrogen-bond donors (Lipinski definition) is 2. The first-order valence-corrected chi connectivity index (χ1v) is 14.4. The van der Waals surface area contributed by atoms with E-state index in [1.54, 1.807) is 35.0 Å². The number of benzene rings is 2. The van der Waals surface area contributed by atoms with E-state index in [0.717, 1.165) is 32.5 Å². The maximum absolute atomic E-state index is 13.4. The number of alkyl halides is 2. The first kappa shape index (κ1) is 28.9. The fourth-order valence-electron chi connectivity index (χ4n) is 5.51. The van der Waals surface area contributed by atoms with Crippen LogP contribution in [-0.2, 0) is 6.54 Å². The molecule has 0 spiro atoms. The summed E-state index contributed by atoms with van der Waals surface area (Å²) in [4.78, 5) is 19.7. The number of aromatic nitrogens is 2. The van der Waals surface area contributed by atoms with Gasteiger partial charge in [-0.3, -0.25) is 14.1 Å². The Morgan fingerprint density at radius 2 is 1.91 bits per heavy atom. The van der Waals surface area contributed by atoms with Gasteiger partial charge in [-0.25, -0.2) is 4.98 Å². The van der Waals surface area contributed by atoms with Crippen molar-refractivity contribution in [3.05, 3.63) is 78.1 Å². The SMILES string of the molecule is COc1cc(-c2cnc3cc(OC[C@H]4CN(Cc5ccccc5)CCC4O)ccn23)cc(OC(F)F)c1C(=O)NC1CC1. The topological polar surface area (TPSA) is 97.6 Å². The molecule has 0 bridgehead atoms. The number of hydrogen-bond acceptors (Lipinski definition) is 7. The Balaban J connectivity index is 1.19. The van der Waals surface area contributed by atoms with Gasteiger partial charge < -0.3 is 24.6 Å². The van der Waals surface area contributed by atoms with Crippen LogP contribution in [0, 0.1) is 5.92 Å². The normalized spacial score (nSPS) is 19.0. The molecular formula is C32H34F2N4O5. The summed E-state index contributed by atoms with van der Waals surface area (Å²) >= 11 is 0. The number of imidazole rings is 1. The molecule has 2 aromatic carbocycles. The number of fused-ring (bicyclic) bond motifs is 1. The summed E-state index contributed by atoms with van der Waals surface area (Å²) in [6, 6.07) is 16.9. The second-order valence-corrected chi connectivity index (χ2v) is 11.1. The zero-order valence-corrected chi connectivity index (χ0v) is 23.8. The minimum atomic E-state index is -3.12. The first-order chi connectivity index (χ1) is 20.9. The molecule has 1 saturated heterocycles. The van der Waals surface area contributed by atoms with Crippen LogP contribution in [0.4, 0.5) is 8.78 Å². The number of nitrogens with one attached hydrogen (secondary N) is 1. The number of aliphatic hydroxyl groups is 1. The van der Waals surface area contributed by atoms with Crippen LogP contribution in [0.5, 0.6) is 17.2 Å². The summed E-state index contributed by atoms with van der Waals surface area (Å²) in [5, 5.41) is 13.4. The molecule has 2 atom stereocenters. The van der Waals surface area contributed by atoms with Gasteiger partial charge in [0.05, 0.1) is 31.7 Å². The fourth-order valence-corrected chi connectivity index (χ4v) is 5.51.